The van der Waals surface area contributed by atoms with E-state index in [2.05, 4.69) is 24.5 Å². The van der Waals surface area contributed by atoms with Crippen molar-refractivity contribution in [2.75, 3.05) is 26.7 Å². The number of likely N-dealkylation sites (N-methyl/N-ethyl adjacent to an activating group) is 1. The molecule has 3 aromatic carbocycles. The Morgan fingerprint density at radius 3 is 2.58 bits per heavy atom. The molecule has 0 radical (unpaired) electrons. The molecule has 5 nitrogen and oxygen atoms in total. The van der Waals surface area contributed by atoms with E-state index in [0.717, 1.165) is 59.2 Å². The van der Waals surface area contributed by atoms with Gasteiger partial charge in [0.05, 0.1) is 20.1 Å². The first-order chi connectivity index (χ1) is 17.3. The highest BCUT2D eigenvalue weighted by atomic mass is 16.3. The van der Waals surface area contributed by atoms with Crippen LogP contribution in [0.1, 0.15) is 54.4 Å². The number of benzene rings is 3. The van der Waals surface area contributed by atoms with Crippen molar-refractivity contribution < 1.29 is 19.5 Å². The minimum Gasteiger partial charge on any atom is -0.508 e. The van der Waals surface area contributed by atoms with Crippen LogP contribution in [0.25, 0.3) is 10.8 Å². The van der Waals surface area contributed by atoms with E-state index in [-0.39, 0.29) is 17.7 Å². The quantitative estimate of drug-likeness (QED) is 0.457. The Morgan fingerprint density at radius 1 is 1.00 bits per heavy atom. The van der Waals surface area contributed by atoms with Crippen LogP contribution in [-0.2, 0) is 5.41 Å². The first-order valence-electron chi connectivity index (χ1n) is 13.4. The monoisotopic (exact) mass is 485 g/mol. The lowest BCUT2D eigenvalue weighted by atomic mass is 9.55. The van der Waals surface area contributed by atoms with E-state index in [1.165, 1.54) is 12.8 Å². The number of nitrogens with one attached hydrogen (secondary N) is 1. The summed E-state index contributed by atoms with van der Waals surface area (Å²) in [6.45, 7) is 2.87. The molecule has 36 heavy (non-hydrogen) atoms. The minimum absolute atomic E-state index is 0.0353. The van der Waals surface area contributed by atoms with E-state index in [0.29, 0.717) is 18.4 Å². The van der Waals surface area contributed by atoms with Gasteiger partial charge in [0, 0.05) is 29.4 Å². The van der Waals surface area contributed by atoms with Crippen LogP contribution in [-0.4, -0.2) is 58.9 Å². The number of carbonyl (C=O) groups excluding carboxylic acids is 1. The molecule has 3 fully saturated rings. The number of carbonyl (C=O) groups is 1. The van der Waals surface area contributed by atoms with Crippen molar-refractivity contribution in [1.82, 2.24) is 5.32 Å². The van der Waals surface area contributed by atoms with Gasteiger partial charge in [-0.15, -0.1) is 0 Å². The van der Waals surface area contributed by atoms with Gasteiger partial charge >= 0.3 is 0 Å². The van der Waals surface area contributed by atoms with Crippen LogP contribution in [0.15, 0.2) is 66.7 Å². The van der Waals surface area contributed by atoms with E-state index in [9.17, 15) is 15.0 Å². The van der Waals surface area contributed by atoms with Gasteiger partial charge in [-0.2, -0.15) is 0 Å². The number of likely N-dealkylation sites (tertiary alicyclic amines) is 1. The van der Waals surface area contributed by atoms with Crippen LogP contribution in [0.2, 0.25) is 0 Å². The molecule has 2 aliphatic carbocycles. The Balaban J connectivity index is 1.28. The summed E-state index contributed by atoms with van der Waals surface area (Å²) in [6, 6.07) is 21.3. The fourth-order valence-electron chi connectivity index (χ4n) is 7.24. The van der Waals surface area contributed by atoms with Gasteiger partial charge < -0.3 is 20.0 Å². The maximum atomic E-state index is 13.3. The van der Waals surface area contributed by atoms with Crippen LogP contribution in [0.4, 0.5) is 0 Å². The predicted molar refractivity (Wildman–Crippen MR) is 142 cm³/mol. The number of hydrogen-bond donors (Lipinski definition) is 3. The number of amides is 1. The smallest absolute Gasteiger partial charge is 0.251 e. The molecule has 6 rings (SSSR count). The zero-order valence-electron chi connectivity index (χ0n) is 21.1. The number of phenolic OH excluding ortho intramolecular Hbond substituents is 1. The normalized spacial score (nSPS) is 32.1. The van der Waals surface area contributed by atoms with Crippen LogP contribution >= 0.6 is 0 Å². The summed E-state index contributed by atoms with van der Waals surface area (Å²) in [6.07, 6.45) is 5.54. The third-order valence-corrected chi connectivity index (χ3v) is 9.26. The molecule has 1 unspecified atom stereocenters. The summed E-state index contributed by atoms with van der Waals surface area (Å²) < 4.78 is 0.913. The highest BCUT2D eigenvalue weighted by molar-refractivity contribution is 5.98. The number of rotatable bonds is 5. The second-order valence-electron chi connectivity index (χ2n) is 12.0. The van der Waals surface area contributed by atoms with Crippen molar-refractivity contribution in [3.8, 4) is 5.75 Å². The number of aromatic hydroxyl groups is 1. The van der Waals surface area contributed by atoms with Crippen molar-refractivity contribution in [3.63, 3.8) is 0 Å². The lowest BCUT2D eigenvalue weighted by molar-refractivity contribution is -0.925. The molecule has 0 aromatic heterocycles. The van der Waals surface area contributed by atoms with E-state index >= 15 is 0 Å². The molecule has 1 heterocycles. The zero-order chi connectivity index (χ0) is 25.0. The van der Waals surface area contributed by atoms with Crippen LogP contribution in [0.5, 0.6) is 5.75 Å². The molecule has 1 aliphatic heterocycles. The molecule has 3 aromatic rings. The van der Waals surface area contributed by atoms with E-state index < -0.39 is 11.0 Å². The van der Waals surface area contributed by atoms with E-state index in [1.54, 1.807) is 6.07 Å². The third kappa shape index (κ3) is 4.18. The standard InChI is InChI=1S/C31H36N2O3/c1-33(20-22-9-10-22)16-15-30(26-7-4-8-28(34)18-26)19-27(13-14-31(30,36)21-33)32-29(35)25-12-11-23-5-2-3-6-24(23)17-25/h2-8,11-12,17-18,22,27,36H,9-10,13-16,19-21H2,1H3,(H-,32,34,35)/p+1/t27-,30-,31?,33+/m0/s1. The molecular weight excluding hydrogens is 448 g/mol. The Hall–Kier alpha value is -2.89. The maximum absolute atomic E-state index is 13.3. The first-order valence-corrected chi connectivity index (χ1v) is 13.4. The number of phenols is 1. The molecule has 3 aliphatic rings. The van der Waals surface area contributed by atoms with Crippen molar-refractivity contribution in [2.24, 2.45) is 5.92 Å². The summed E-state index contributed by atoms with van der Waals surface area (Å²) in [5, 5.41) is 28.1. The Morgan fingerprint density at radius 2 is 1.81 bits per heavy atom. The van der Waals surface area contributed by atoms with Gasteiger partial charge in [0.15, 0.2) is 0 Å². The number of fused-ring (bicyclic) bond motifs is 2. The van der Waals surface area contributed by atoms with Crippen LogP contribution < -0.4 is 5.32 Å². The maximum Gasteiger partial charge on any atom is 0.251 e. The molecular formula is C31H37N2O3+. The molecule has 0 bridgehead atoms. The number of nitrogens with zero attached hydrogens (tertiary/aromatic N) is 1. The lowest BCUT2D eigenvalue weighted by Gasteiger charge is -2.59. The fourth-order valence-corrected chi connectivity index (χ4v) is 7.24. The molecule has 1 saturated heterocycles. The van der Waals surface area contributed by atoms with E-state index in [1.807, 2.05) is 48.5 Å². The zero-order valence-corrected chi connectivity index (χ0v) is 21.1. The molecule has 0 spiro atoms. The third-order valence-electron chi connectivity index (χ3n) is 9.26. The topological polar surface area (TPSA) is 69.6 Å². The van der Waals surface area contributed by atoms with Gasteiger partial charge in [0.2, 0.25) is 0 Å². The molecule has 5 heteroatoms. The number of aliphatic hydroxyl groups is 1. The highest BCUT2D eigenvalue weighted by Gasteiger charge is 2.62. The minimum atomic E-state index is -0.868. The van der Waals surface area contributed by atoms with Crippen molar-refractivity contribution in [3.05, 3.63) is 77.9 Å². The van der Waals surface area contributed by atoms with Gasteiger partial charge in [-0.3, -0.25) is 4.79 Å². The molecule has 3 N–H and O–H groups in total. The van der Waals surface area contributed by atoms with Crippen molar-refractivity contribution in [1.29, 1.82) is 0 Å². The molecule has 2 saturated carbocycles. The highest BCUT2D eigenvalue weighted by Crippen LogP contribution is 2.53. The van der Waals surface area contributed by atoms with Gasteiger partial charge in [0.25, 0.3) is 5.91 Å². The summed E-state index contributed by atoms with van der Waals surface area (Å²) in [4.78, 5) is 13.3. The average molecular weight is 486 g/mol. The number of piperidine rings is 1. The average Bonchev–Trinajstić information content (AvgIpc) is 3.67. The fraction of sp³-hybridized carbons (Fsp3) is 0.452. The van der Waals surface area contributed by atoms with Crippen LogP contribution in [0, 0.1) is 5.92 Å². The summed E-state index contributed by atoms with van der Waals surface area (Å²) in [7, 11) is 2.30. The Kier molecular flexibility index (Phi) is 5.62. The molecule has 188 valence electrons. The lowest BCUT2D eigenvalue weighted by Crippen LogP contribution is -2.71. The Labute approximate surface area is 213 Å². The predicted octanol–water partition coefficient (Wildman–Crippen LogP) is 4.76. The van der Waals surface area contributed by atoms with Gasteiger partial charge in [0.1, 0.15) is 17.9 Å². The molecule has 4 atom stereocenters. The number of hydrogen-bond acceptors (Lipinski definition) is 3. The summed E-state index contributed by atoms with van der Waals surface area (Å²) in [5.74, 6) is 0.962. The van der Waals surface area contributed by atoms with Crippen molar-refractivity contribution >= 4 is 16.7 Å². The molecule has 1 amide bonds. The Bertz CT molecular complexity index is 1300. The first kappa shape index (κ1) is 23.5. The van der Waals surface area contributed by atoms with E-state index in [4.69, 9.17) is 0 Å². The second kappa shape index (κ2) is 8.60. The van der Waals surface area contributed by atoms with Crippen molar-refractivity contribution in [2.45, 2.75) is 55.6 Å². The second-order valence-corrected chi connectivity index (χ2v) is 12.0. The summed E-state index contributed by atoms with van der Waals surface area (Å²) >= 11 is 0. The van der Waals surface area contributed by atoms with Gasteiger partial charge in [-0.05, 0) is 72.7 Å². The summed E-state index contributed by atoms with van der Waals surface area (Å²) in [5.41, 5.74) is 0.296. The van der Waals surface area contributed by atoms with Gasteiger partial charge in [-0.25, -0.2) is 0 Å². The largest absolute Gasteiger partial charge is 0.508 e. The van der Waals surface area contributed by atoms with Gasteiger partial charge in [-0.1, -0.05) is 42.5 Å². The van der Waals surface area contributed by atoms with Crippen LogP contribution in [0.3, 0.4) is 0 Å². The number of quaternary nitrogens is 1. The SMILES string of the molecule is C[N@+]1(CC2CC2)CC[C@@]2(c3cccc(O)c3)C[C@@H](NC(=O)c3ccc4ccccc4c3)CCC2(O)C1.